The highest BCUT2D eigenvalue weighted by Gasteiger charge is 2.10. The van der Waals surface area contributed by atoms with Crippen molar-refractivity contribution in [1.29, 1.82) is 0 Å². The molecule has 0 spiro atoms. The smallest absolute Gasteiger partial charge is 0.218 e. The number of hydrogen-bond donors (Lipinski definition) is 1. The van der Waals surface area contributed by atoms with E-state index >= 15 is 0 Å². The van der Waals surface area contributed by atoms with Crippen molar-refractivity contribution in [1.82, 2.24) is 20.2 Å². The quantitative estimate of drug-likeness (QED) is 0.748. The van der Waals surface area contributed by atoms with Gasteiger partial charge in [0.2, 0.25) is 5.16 Å². The van der Waals surface area contributed by atoms with Gasteiger partial charge in [-0.05, 0) is 65.0 Å². The maximum absolute atomic E-state index is 5.87. The zero-order valence-electron chi connectivity index (χ0n) is 10.9. The first kappa shape index (κ1) is 12.7. The lowest BCUT2D eigenvalue weighted by atomic mass is 10.2. The van der Waals surface area contributed by atoms with Crippen molar-refractivity contribution < 1.29 is 0 Å². The van der Waals surface area contributed by atoms with Gasteiger partial charge in [-0.2, -0.15) is 4.68 Å². The summed E-state index contributed by atoms with van der Waals surface area (Å²) < 4.78 is 1.71. The van der Waals surface area contributed by atoms with Gasteiger partial charge >= 0.3 is 0 Å². The molecule has 0 bridgehead atoms. The number of hydrogen-bond acceptors (Lipinski definition) is 5. The van der Waals surface area contributed by atoms with Crippen LogP contribution in [0.1, 0.15) is 5.56 Å². The fraction of sp³-hybridized carbons (Fsp3) is 0.0714. The molecule has 5 nitrogen and oxygen atoms in total. The van der Waals surface area contributed by atoms with Crippen LogP contribution in [0.4, 0.5) is 5.69 Å². The molecule has 0 aliphatic heterocycles. The molecule has 100 valence electrons. The summed E-state index contributed by atoms with van der Waals surface area (Å²) in [7, 11) is 0. The number of tetrazole rings is 1. The first-order valence-corrected chi connectivity index (χ1v) is 6.93. The number of aryl methyl sites for hydroxylation is 1. The molecular formula is C14H13N5S. The molecule has 3 rings (SSSR count). The van der Waals surface area contributed by atoms with E-state index in [9.17, 15) is 0 Å². The van der Waals surface area contributed by atoms with E-state index in [1.165, 1.54) is 11.8 Å². The Morgan fingerprint density at radius 1 is 1.10 bits per heavy atom. The lowest BCUT2D eigenvalue weighted by molar-refractivity contribution is 0.756. The van der Waals surface area contributed by atoms with Gasteiger partial charge in [-0.3, -0.25) is 0 Å². The number of anilines is 1. The highest BCUT2D eigenvalue weighted by Crippen LogP contribution is 2.29. The average Bonchev–Trinajstić information content (AvgIpc) is 2.86. The van der Waals surface area contributed by atoms with Crippen LogP contribution >= 0.6 is 11.8 Å². The van der Waals surface area contributed by atoms with Gasteiger partial charge in [0.05, 0.1) is 5.69 Å². The molecule has 0 atom stereocenters. The van der Waals surface area contributed by atoms with Gasteiger partial charge in [-0.15, -0.1) is 5.10 Å². The van der Waals surface area contributed by atoms with Crippen LogP contribution in [-0.4, -0.2) is 20.2 Å². The van der Waals surface area contributed by atoms with E-state index in [4.69, 9.17) is 5.73 Å². The first-order chi connectivity index (χ1) is 9.72. The molecule has 0 unspecified atom stereocenters. The Morgan fingerprint density at radius 3 is 2.65 bits per heavy atom. The van der Waals surface area contributed by atoms with E-state index in [0.717, 1.165) is 21.8 Å². The topological polar surface area (TPSA) is 69.6 Å². The highest BCUT2D eigenvalue weighted by atomic mass is 32.2. The number of para-hydroxylation sites is 1. The van der Waals surface area contributed by atoms with Crippen LogP contribution < -0.4 is 5.73 Å². The van der Waals surface area contributed by atoms with Crippen molar-refractivity contribution >= 4 is 17.4 Å². The van der Waals surface area contributed by atoms with Crippen molar-refractivity contribution in [2.24, 2.45) is 0 Å². The Bertz CT molecular complexity index is 703. The van der Waals surface area contributed by atoms with Crippen molar-refractivity contribution in [3.63, 3.8) is 0 Å². The molecule has 0 saturated heterocycles. The Hall–Kier alpha value is -2.34. The van der Waals surface area contributed by atoms with Crippen LogP contribution in [0.3, 0.4) is 0 Å². The summed E-state index contributed by atoms with van der Waals surface area (Å²) in [6, 6.07) is 15.7. The van der Waals surface area contributed by atoms with Crippen molar-refractivity contribution in [2.45, 2.75) is 17.0 Å². The van der Waals surface area contributed by atoms with Crippen LogP contribution in [0.5, 0.6) is 0 Å². The first-order valence-electron chi connectivity index (χ1n) is 6.11. The number of nitrogens with zero attached hydrogens (tertiary/aromatic N) is 4. The minimum atomic E-state index is 0.709. The van der Waals surface area contributed by atoms with Gasteiger partial charge in [0.1, 0.15) is 0 Å². The summed E-state index contributed by atoms with van der Waals surface area (Å²) in [4.78, 5) is 1.02. The second-order valence-corrected chi connectivity index (χ2v) is 5.43. The predicted octanol–water partition coefficient (Wildman–Crippen LogP) is 2.70. The molecule has 20 heavy (non-hydrogen) atoms. The highest BCUT2D eigenvalue weighted by molar-refractivity contribution is 7.99. The van der Waals surface area contributed by atoms with Gasteiger partial charge in [0.15, 0.2) is 0 Å². The van der Waals surface area contributed by atoms with Gasteiger partial charge < -0.3 is 5.73 Å². The number of aromatic nitrogens is 4. The standard InChI is InChI=1S/C14H13N5S/c1-10-7-11(15)9-13(8-10)20-14-16-17-18-19(14)12-5-3-2-4-6-12/h2-9H,15H2,1H3. The Morgan fingerprint density at radius 2 is 1.90 bits per heavy atom. The Kier molecular flexibility index (Phi) is 3.39. The number of rotatable bonds is 3. The zero-order chi connectivity index (χ0) is 13.9. The normalized spacial score (nSPS) is 10.7. The third-order valence-electron chi connectivity index (χ3n) is 2.72. The van der Waals surface area contributed by atoms with E-state index in [0.29, 0.717) is 5.16 Å². The third kappa shape index (κ3) is 2.65. The molecule has 0 fully saturated rings. The fourth-order valence-corrected chi connectivity index (χ4v) is 2.87. The number of nitrogen functional groups attached to an aromatic ring is 1. The second kappa shape index (κ2) is 5.34. The van der Waals surface area contributed by atoms with E-state index in [1.807, 2.05) is 49.4 Å². The molecule has 0 saturated carbocycles. The van der Waals surface area contributed by atoms with Crippen LogP contribution in [0, 0.1) is 6.92 Å². The van der Waals surface area contributed by atoms with E-state index in [2.05, 4.69) is 21.6 Å². The third-order valence-corrected chi connectivity index (χ3v) is 3.63. The zero-order valence-corrected chi connectivity index (χ0v) is 11.7. The van der Waals surface area contributed by atoms with E-state index in [1.54, 1.807) is 4.68 Å². The molecule has 2 N–H and O–H groups in total. The molecule has 0 radical (unpaired) electrons. The molecule has 6 heteroatoms. The number of benzene rings is 2. The molecule has 3 aromatic rings. The van der Waals surface area contributed by atoms with E-state index in [-0.39, 0.29) is 0 Å². The summed E-state index contributed by atoms with van der Waals surface area (Å²) in [5.41, 5.74) is 8.66. The van der Waals surface area contributed by atoms with Crippen LogP contribution in [-0.2, 0) is 0 Å². The van der Waals surface area contributed by atoms with Gasteiger partial charge in [-0.25, -0.2) is 0 Å². The van der Waals surface area contributed by atoms with Gasteiger partial charge in [-0.1, -0.05) is 18.2 Å². The predicted molar refractivity (Wildman–Crippen MR) is 78.9 cm³/mol. The SMILES string of the molecule is Cc1cc(N)cc(Sc2nnnn2-c2ccccc2)c1. The summed E-state index contributed by atoms with van der Waals surface area (Å²) in [6.45, 7) is 2.01. The van der Waals surface area contributed by atoms with Gasteiger partial charge in [0, 0.05) is 10.6 Å². The molecule has 1 heterocycles. The van der Waals surface area contributed by atoms with Crippen molar-refractivity contribution in [2.75, 3.05) is 5.73 Å². The molecule has 0 aliphatic rings. The monoisotopic (exact) mass is 283 g/mol. The largest absolute Gasteiger partial charge is 0.399 e. The van der Waals surface area contributed by atoms with Crippen molar-refractivity contribution in [3.05, 3.63) is 54.1 Å². The van der Waals surface area contributed by atoms with Crippen LogP contribution in [0.25, 0.3) is 5.69 Å². The van der Waals surface area contributed by atoms with Crippen LogP contribution in [0.2, 0.25) is 0 Å². The fourth-order valence-electron chi connectivity index (χ4n) is 1.91. The average molecular weight is 283 g/mol. The number of nitrogens with two attached hydrogens (primary N) is 1. The molecule has 0 aliphatic carbocycles. The van der Waals surface area contributed by atoms with Crippen LogP contribution in [0.15, 0.2) is 58.6 Å². The lowest BCUT2D eigenvalue weighted by Crippen LogP contribution is -1.98. The molecule has 1 aromatic heterocycles. The van der Waals surface area contributed by atoms with Gasteiger partial charge in [0.25, 0.3) is 0 Å². The van der Waals surface area contributed by atoms with Crippen molar-refractivity contribution in [3.8, 4) is 5.69 Å². The summed E-state index contributed by atoms with van der Waals surface area (Å²) in [5.74, 6) is 0. The maximum Gasteiger partial charge on any atom is 0.218 e. The Labute approximate surface area is 120 Å². The Balaban J connectivity index is 1.94. The summed E-state index contributed by atoms with van der Waals surface area (Å²) in [5, 5.41) is 12.6. The lowest BCUT2D eigenvalue weighted by Gasteiger charge is -2.05. The summed E-state index contributed by atoms with van der Waals surface area (Å²) in [6.07, 6.45) is 0. The molecule has 0 amide bonds. The second-order valence-electron chi connectivity index (χ2n) is 4.39. The minimum Gasteiger partial charge on any atom is -0.399 e. The summed E-state index contributed by atoms with van der Waals surface area (Å²) >= 11 is 1.49. The minimum absolute atomic E-state index is 0.709. The molecular weight excluding hydrogens is 270 g/mol. The van der Waals surface area contributed by atoms with E-state index < -0.39 is 0 Å². The maximum atomic E-state index is 5.87. The molecule has 2 aromatic carbocycles.